The quantitative estimate of drug-likeness (QED) is 0.778. The van der Waals surface area contributed by atoms with Gasteiger partial charge in [0.05, 0.1) is 0 Å². The summed E-state index contributed by atoms with van der Waals surface area (Å²) < 4.78 is 53.8. The second kappa shape index (κ2) is 8.51. The molecule has 0 amide bonds. The van der Waals surface area contributed by atoms with Crippen molar-refractivity contribution in [3.05, 3.63) is 65.2 Å². The highest BCUT2D eigenvalue weighted by atomic mass is 32.2. The third kappa shape index (κ3) is 5.07. The number of sulfonamides is 1. The maximum atomic E-state index is 13.6. The molecule has 0 aliphatic heterocycles. The van der Waals surface area contributed by atoms with Crippen molar-refractivity contribution in [2.45, 2.75) is 31.8 Å². The van der Waals surface area contributed by atoms with Gasteiger partial charge in [-0.3, -0.25) is 4.90 Å². The largest absolute Gasteiger partial charge is 0.300 e. The third-order valence-corrected chi connectivity index (χ3v) is 5.43. The van der Waals surface area contributed by atoms with E-state index in [1.54, 1.807) is 12.1 Å². The van der Waals surface area contributed by atoms with Gasteiger partial charge < -0.3 is 0 Å². The second-order valence-electron chi connectivity index (χ2n) is 5.65. The van der Waals surface area contributed by atoms with Gasteiger partial charge in [0.2, 0.25) is 10.0 Å². The first-order valence-electron chi connectivity index (χ1n) is 8.11. The normalized spacial score (nSPS) is 11.9. The molecule has 0 saturated heterocycles. The fourth-order valence-electron chi connectivity index (χ4n) is 2.46. The lowest BCUT2D eigenvalue weighted by Gasteiger charge is -2.18. The summed E-state index contributed by atoms with van der Waals surface area (Å²) in [5.41, 5.74) is 1.83. The molecule has 0 unspecified atom stereocenters. The van der Waals surface area contributed by atoms with Gasteiger partial charge in [-0.1, -0.05) is 44.2 Å². The van der Waals surface area contributed by atoms with E-state index >= 15 is 0 Å². The molecular weight excluding hydrogens is 346 g/mol. The lowest BCUT2D eigenvalue weighted by atomic mass is 10.1. The zero-order valence-corrected chi connectivity index (χ0v) is 15.1. The van der Waals surface area contributed by atoms with E-state index in [-0.39, 0.29) is 6.54 Å². The molecule has 2 aromatic rings. The van der Waals surface area contributed by atoms with E-state index in [0.717, 1.165) is 43.4 Å². The second-order valence-corrected chi connectivity index (χ2v) is 7.36. The van der Waals surface area contributed by atoms with Gasteiger partial charge >= 0.3 is 0 Å². The van der Waals surface area contributed by atoms with Gasteiger partial charge in [-0.25, -0.2) is 21.9 Å². The Morgan fingerprint density at radius 2 is 1.44 bits per heavy atom. The van der Waals surface area contributed by atoms with E-state index in [0.29, 0.717) is 5.56 Å². The lowest BCUT2D eigenvalue weighted by Crippen LogP contribution is -2.25. The van der Waals surface area contributed by atoms with Crippen LogP contribution in [0.5, 0.6) is 0 Å². The molecule has 0 saturated carbocycles. The van der Waals surface area contributed by atoms with Crippen LogP contribution in [0.25, 0.3) is 0 Å². The van der Waals surface area contributed by atoms with Crippen LogP contribution >= 0.6 is 0 Å². The number of benzene rings is 2. The van der Waals surface area contributed by atoms with Crippen molar-refractivity contribution < 1.29 is 17.2 Å². The van der Waals surface area contributed by atoms with Crippen LogP contribution in [0.2, 0.25) is 0 Å². The highest BCUT2D eigenvalue weighted by Gasteiger charge is 2.23. The van der Waals surface area contributed by atoms with Gasteiger partial charge in [0, 0.05) is 13.1 Å². The molecule has 0 fully saturated rings. The van der Waals surface area contributed by atoms with Gasteiger partial charge in [0.25, 0.3) is 0 Å². The zero-order chi connectivity index (χ0) is 18.4. The minimum absolute atomic E-state index is 0.0400. The first-order valence-corrected chi connectivity index (χ1v) is 9.59. The molecule has 4 nitrogen and oxygen atoms in total. The molecule has 7 heteroatoms. The van der Waals surface area contributed by atoms with Crippen molar-refractivity contribution in [1.82, 2.24) is 9.62 Å². The predicted molar refractivity (Wildman–Crippen MR) is 93.5 cm³/mol. The molecule has 136 valence electrons. The molecular formula is C18H22F2N2O2S. The Bertz CT molecular complexity index is 784. The first kappa shape index (κ1) is 19.5. The summed E-state index contributed by atoms with van der Waals surface area (Å²) in [4.78, 5) is 1.31. The number of hydrogen-bond donors (Lipinski definition) is 1. The average Bonchev–Trinajstić information content (AvgIpc) is 2.58. The Kier molecular flexibility index (Phi) is 6.64. The lowest BCUT2D eigenvalue weighted by molar-refractivity contribution is 0.296. The Morgan fingerprint density at radius 3 is 1.96 bits per heavy atom. The average molecular weight is 368 g/mol. The maximum absolute atomic E-state index is 13.6. The third-order valence-electron chi connectivity index (χ3n) is 3.98. The standard InChI is InChI=1S/C18H22F2N2O2S/c1-3-22(4-2)13-15-10-8-14(9-11-15)12-21-25(23,24)18-16(19)6-5-7-17(18)20/h5-11,21H,3-4,12-13H2,1-2H3. The van der Waals surface area contributed by atoms with Gasteiger partial charge in [0.15, 0.2) is 4.90 Å². The summed E-state index contributed by atoms with van der Waals surface area (Å²) in [6, 6.07) is 10.4. The van der Waals surface area contributed by atoms with E-state index in [9.17, 15) is 17.2 Å². The highest BCUT2D eigenvalue weighted by Crippen LogP contribution is 2.18. The number of nitrogens with zero attached hydrogens (tertiary/aromatic N) is 1. The van der Waals surface area contributed by atoms with Gasteiger partial charge in [-0.2, -0.15) is 0 Å². The van der Waals surface area contributed by atoms with E-state index in [1.807, 2.05) is 12.1 Å². The molecule has 0 atom stereocenters. The van der Waals surface area contributed by atoms with Crippen molar-refractivity contribution >= 4 is 10.0 Å². The van der Waals surface area contributed by atoms with Crippen LogP contribution in [0.1, 0.15) is 25.0 Å². The minimum atomic E-state index is -4.27. The van der Waals surface area contributed by atoms with Gasteiger partial charge in [-0.05, 0) is 36.3 Å². The summed E-state index contributed by atoms with van der Waals surface area (Å²) in [5.74, 6) is -2.22. The van der Waals surface area contributed by atoms with Crippen LogP contribution in [-0.4, -0.2) is 26.4 Å². The first-order chi connectivity index (χ1) is 11.9. The van der Waals surface area contributed by atoms with Crippen LogP contribution in [0, 0.1) is 11.6 Å². The van der Waals surface area contributed by atoms with Crippen LogP contribution in [-0.2, 0) is 23.1 Å². The molecule has 2 rings (SSSR count). The molecule has 0 radical (unpaired) electrons. The van der Waals surface area contributed by atoms with Gasteiger partial charge in [-0.15, -0.1) is 0 Å². The summed E-state index contributed by atoms with van der Waals surface area (Å²) >= 11 is 0. The molecule has 0 spiro atoms. The van der Waals surface area contributed by atoms with Crippen LogP contribution in [0.3, 0.4) is 0 Å². The van der Waals surface area contributed by atoms with E-state index in [1.165, 1.54) is 0 Å². The number of hydrogen-bond acceptors (Lipinski definition) is 3. The Labute approximate surface area is 147 Å². The van der Waals surface area contributed by atoms with Crippen molar-refractivity contribution in [1.29, 1.82) is 0 Å². The number of rotatable bonds is 8. The molecule has 0 aliphatic rings. The fraction of sp³-hybridized carbons (Fsp3) is 0.333. The van der Waals surface area contributed by atoms with Gasteiger partial charge in [0.1, 0.15) is 11.6 Å². The maximum Gasteiger partial charge on any atom is 0.246 e. The number of nitrogens with one attached hydrogen (secondary N) is 1. The summed E-state index contributed by atoms with van der Waals surface area (Å²) in [5, 5.41) is 0. The van der Waals surface area contributed by atoms with E-state index in [4.69, 9.17) is 0 Å². The fourth-order valence-corrected chi connectivity index (χ4v) is 3.61. The predicted octanol–water partition coefficient (Wildman–Crippen LogP) is 3.29. The summed E-state index contributed by atoms with van der Waals surface area (Å²) in [7, 11) is -4.27. The van der Waals surface area contributed by atoms with Crippen molar-refractivity contribution in [3.8, 4) is 0 Å². The Balaban J connectivity index is 2.06. The smallest absolute Gasteiger partial charge is 0.246 e. The van der Waals surface area contributed by atoms with Crippen LogP contribution in [0.4, 0.5) is 8.78 Å². The van der Waals surface area contributed by atoms with Crippen LogP contribution < -0.4 is 4.72 Å². The van der Waals surface area contributed by atoms with Crippen molar-refractivity contribution in [2.24, 2.45) is 0 Å². The summed E-state index contributed by atoms with van der Waals surface area (Å²) in [6.07, 6.45) is 0. The molecule has 2 aromatic carbocycles. The monoisotopic (exact) mass is 368 g/mol. The number of halogens is 2. The molecule has 0 heterocycles. The summed E-state index contributed by atoms with van der Waals surface area (Å²) in [6.45, 7) is 6.86. The molecule has 25 heavy (non-hydrogen) atoms. The molecule has 0 aromatic heterocycles. The highest BCUT2D eigenvalue weighted by molar-refractivity contribution is 7.89. The topological polar surface area (TPSA) is 49.4 Å². The minimum Gasteiger partial charge on any atom is -0.300 e. The molecule has 0 aliphatic carbocycles. The molecule has 1 N–H and O–H groups in total. The van der Waals surface area contributed by atoms with E-state index in [2.05, 4.69) is 23.5 Å². The SMILES string of the molecule is CCN(CC)Cc1ccc(CNS(=O)(=O)c2c(F)cccc2F)cc1. The Morgan fingerprint density at radius 1 is 0.920 bits per heavy atom. The zero-order valence-electron chi connectivity index (χ0n) is 14.3. The van der Waals surface area contributed by atoms with Crippen molar-refractivity contribution in [3.63, 3.8) is 0 Å². The van der Waals surface area contributed by atoms with Crippen LogP contribution in [0.15, 0.2) is 47.4 Å². The Hall–Kier alpha value is -1.83. The molecule has 0 bridgehead atoms. The van der Waals surface area contributed by atoms with E-state index < -0.39 is 26.6 Å². The van der Waals surface area contributed by atoms with Crippen molar-refractivity contribution in [2.75, 3.05) is 13.1 Å².